The van der Waals surface area contributed by atoms with Crippen LogP contribution in [0.25, 0.3) is 0 Å². The highest BCUT2D eigenvalue weighted by Crippen LogP contribution is 2.74. The fourth-order valence-electron chi connectivity index (χ4n) is 4.12. The van der Waals surface area contributed by atoms with Crippen molar-refractivity contribution in [1.29, 1.82) is 0 Å². The molecule has 0 N–H and O–H groups in total. The minimum Gasteiger partial charge on any atom is -0.309 e. The Morgan fingerprint density at radius 3 is 1.18 bits per heavy atom. The predicted octanol–water partition coefficient (Wildman–Crippen LogP) is 6.75. The minimum absolute atomic E-state index is 0.772. The van der Waals surface area contributed by atoms with Crippen LogP contribution in [0.5, 0.6) is 0 Å². The largest absolute Gasteiger partial charge is 0.309 e. The molecule has 142 valence electrons. The summed E-state index contributed by atoms with van der Waals surface area (Å²) in [5, 5.41) is 3.14. The van der Waals surface area contributed by atoms with Gasteiger partial charge in [0, 0.05) is 21.2 Å². The van der Waals surface area contributed by atoms with Crippen molar-refractivity contribution >= 4 is 24.9 Å². The fraction of sp³-hybridized carbons (Fsp3) is 0.167. The van der Waals surface area contributed by atoms with Crippen LogP contribution in [-0.4, -0.2) is 0 Å². The number of allylic oxidation sites excluding steroid dienone is 6. The molecule has 2 aliphatic heterocycles. The lowest BCUT2D eigenvalue weighted by atomic mass is 10.1. The van der Waals surface area contributed by atoms with Crippen molar-refractivity contribution in [1.82, 2.24) is 0 Å². The topological polar surface area (TPSA) is 34.1 Å². The fourth-order valence-corrected chi connectivity index (χ4v) is 11.1. The molecular formula is C24H24O2P2. The van der Waals surface area contributed by atoms with Crippen molar-refractivity contribution in [2.24, 2.45) is 0 Å². The summed E-state index contributed by atoms with van der Waals surface area (Å²) in [6.07, 6.45) is 0. The molecule has 2 aromatic carbocycles. The Morgan fingerprint density at radius 2 is 0.857 bits per heavy atom. The lowest BCUT2D eigenvalue weighted by Gasteiger charge is -2.24. The van der Waals surface area contributed by atoms with Gasteiger partial charge in [-0.05, 0) is 61.6 Å². The zero-order chi connectivity index (χ0) is 20.1. The van der Waals surface area contributed by atoms with Gasteiger partial charge in [-0.15, -0.1) is 0 Å². The van der Waals surface area contributed by atoms with Crippen LogP contribution in [0.2, 0.25) is 0 Å². The summed E-state index contributed by atoms with van der Waals surface area (Å²) in [5.74, 6) is 3.80. The van der Waals surface area contributed by atoms with E-state index in [1.54, 1.807) is 0 Å². The van der Waals surface area contributed by atoms with Crippen LogP contribution in [0.1, 0.15) is 27.7 Å². The monoisotopic (exact) mass is 406 g/mol. The Hall–Kier alpha value is -2.14. The van der Waals surface area contributed by atoms with Gasteiger partial charge >= 0.3 is 0 Å². The van der Waals surface area contributed by atoms with E-state index in [1.165, 1.54) is 0 Å². The van der Waals surface area contributed by atoms with Gasteiger partial charge in [0.2, 0.25) is 0 Å². The van der Waals surface area contributed by atoms with Gasteiger partial charge in [0.1, 0.15) is 0 Å². The van der Waals surface area contributed by atoms with E-state index in [1.807, 2.05) is 100.0 Å². The summed E-state index contributed by atoms with van der Waals surface area (Å²) in [4.78, 5) is 0. The first-order chi connectivity index (χ1) is 13.3. The van der Waals surface area contributed by atoms with Crippen molar-refractivity contribution in [3.8, 4) is 0 Å². The Bertz CT molecular complexity index is 1080. The summed E-state index contributed by atoms with van der Waals surface area (Å²) < 4.78 is 28.8. The maximum atomic E-state index is 14.4. The Kier molecular flexibility index (Phi) is 4.61. The van der Waals surface area contributed by atoms with Crippen molar-refractivity contribution in [2.45, 2.75) is 27.7 Å². The molecule has 0 saturated carbocycles. The van der Waals surface area contributed by atoms with Crippen LogP contribution in [-0.2, 0) is 9.13 Å². The highest BCUT2D eigenvalue weighted by molar-refractivity contribution is 7.84. The van der Waals surface area contributed by atoms with Crippen molar-refractivity contribution in [3.05, 3.63) is 105 Å². The van der Waals surface area contributed by atoms with Gasteiger partial charge in [-0.2, -0.15) is 0 Å². The summed E-state index contributed by atoms with van der Waals surface area (Å²) in [6.45, 7) is 8.01. The van der Waals surface area contributed by atoms with Gasteiger partial charge in [0.05, 0.1) is 0 Å². The molecule has 0 saturated heterocycles. The van der Waals surface area contributed by atoms with E-state index in [-0.39, 0.29) is 0 Å². The molecule has 0 fully saturated rings. The zero-order valence-corrected chi connectivity index (χ0v) is 18.4. The Morgan fingerprint density at radius 1 is 0.536 bits per heavy atom. The summed E-state index contributed by atoms with van der Waals surface area (Å²) >= 11 is 0. The lowest BCUT2D eigenvalue weighted by molar-refractivity contribution is 0.587. The third-order valence-corrected chi connectivity index (χ3v) is 12.1. The standard InChI is InChI=1S/C24H24O2P2/c1-17-15-27(25,21-11-7-5-8-12-21)23(19(17)3)24-20(4)18(2)16-28(24,26)22-13-9-6-10-14-22/h5-16H,1-4H3. The normalized spacial score (nSPS) is 27.3. The third kappa shape index (κ3) is 2.71. The van der Waals surface area contributed by atoms with E-state index in [2.05, 4.69) is 0 Å². The second kappa shape index (κ2) is 6.73. The summed E-state index contributed by atoms with van der Waals surface area (Å²) in [7, 11) is -6.01. The van der Waals surface area contributed by atoms with Gasteiger partial charge in [-0.3, -0.25) is 0 Å². The molecule has 0 spiro atoms. The first-order valence-electron chi connectivity index (χ1n) is 9.42. The van der Waals surface area contributed by atoms with Crippen LogP contribution < -0.4 is 10.6 Å². The van der Waals surface area contributed by atoms with Gasteiger partial charge in [0.25, 0.3) is 0 Å². The first kappa shape index (κ1) is 19.2. The summed E-state index contributed by atoms with van der Waals surface area (Å²) in [6, 6.07) is 19.2. The highest BCUT2D eigenvalue weighted by Gasteiger charge is 2.45. The van der Waals surface area contributed by atoms with E-state index in [0.29, 0.717) is 0 Å². The number of rotatable bonds is 3. The highest BCUT2D eigenvalue weighted by atomic mass is 31.2. The average Bonchev–Trinajstić information content (AvgIpc) is 3.07. The molecule has 0 aromatic heterocycles. The number of hydrogen-bond acceptors (Lipinski definition) is 2. The first-order valence-corrected chi connectivity index (χ1v) is 13.0. The predicted molar refractivity (Wildman–Crippen MR) is 120 cm³/mol. The van der Waals surface area contributed by atoms with Gasteiger partial charge in [-0.25, -0.2) is 0 Å². The van der Waals surface area contributed by atoms with Gasteiger partial charge in [0.15, 0.2) is 14.3 Å². The maximum absolute atomic E-state index is 14.4. The number of hydrogen-bond donors (Lipinski definition) is 0. The van der Waals surface area contributed by atoms with E-state index in [9.17, 15) is 9.13 Å². The molecule has 2 unspecified atom stereocenters. The maximum Gasteiger partial charge on any atom is 0.165 e. The van der Waals surface area contributed by atoms with Crippen LogP contribution in [0.15, 0.2) is 105 Å². The minimum atomic E-state index is -3.00. The molecule has 2 atom stereocenters. The molecule has 2 aromatic rings. The molecule has 2 nitrogen and oxygen atoms in total. The quantitative estimate of drug-likeness (QED) is 0.529. The average molecular weight is 406 g/mol. The molecule has 2 heterocycles. The van der Waals surface area contributed by atoms with Gasteiger partial charge in [-0.1, -0.05) is 60.7 Å². The lowest BCUT2D eigenvalue weighted by Crippen LogP contribution is -2.09. The van der Waals surface area contributed by atoms with Crippen LogP contribution in [0, 0.1) is 0 Å². The van der Waals surface area contributed by atoms with Crippen LogP contribution >= 0.6 is 14.3 Å². The smallest absolute Gasteiger partial charge is 0.165 e. The van der Waals surface area contributed by atoms with E-state index >= 15 is 0 Å². The van der Waals surface area contributed by atoms with Crippen molar-refractivity contribution in [2.75, 3.05) is 0 Å². The SMILES string of the molecule is CC1=CP(=O)(c2ccccc2)C(C2=C(C)C(C)=CP2(=O)c2ccccc2)=C1C. The Labute approximate surface area is 167 Å². The Balaban J connectivity index is 2.01. The molecule has 28 heavy (non-hydrogen) atoms. The molecule has 2 aliphatic rings. The molecule has 4 heteroatoms. The zero-order valence-electron chi connectivity index (χ0n) is 16.6. The van der Waals surface area contributed by atoms with E-state index in [4.69, 9.17) is 0 Å². The van der Waals surface area contributed by atoms with Gasteiger partial charge < -0.3 is 9.13 Å². The molecule has 4 rings (SSSR count). The molecular weight excluding hydrogens is 382 g/mol. The molecule has 0 amide bonds. The molecule has 0 bridgehead atoms. The van der Waals surface area contributed by atoms with E-state index < -0.39 is 14.3 Å². The van der Waals surface area contributed by atoms with Crippen LogP contribution in [0.4, 0.5) is 0 Å². The summed E-state index contributed by atoms with van der Waals surface area (Å²) in [5.41, 5.74) is 3.99. The molecule has 0 aliphatic carbocycles. The number of benzene rings is 2. The van der Waals surface area contributed by atoms with Crippen LogP contribution in [0.3, 0.4) is 0 Å². The second-order valence-electron chi connectivity index (χ2n) is 7.56. The second-order valence-corrected chi connectivity index (χ2v) is 12.6. The third-order valence-electron chi connectivity index (χ3n) is 5.81. The van der Waals surface area contributed by atoms with Crippen molar-refractivity contribution in [3.63, 3.8) is 0 Å². The van der Waals surface area contributed by atoms with E-state index in [0.717, 1.165) is 43.5 Å². The molecule has 0 radical (unpaired) electrons. The van der Waals surface area contributed by atoms with Crippen molar-refractivity contribution < 1.29 is 9.13 Å².